The molecule has 0 aliphatic heterocycles. The Morgan fingerprint density at radius 3 is 2.62 bits per heavy atom. The van der Waals surface area contributed by atoms with Crippen LogP contribution in [0.5, 0.6) is 5.75 Å². The lowest BCUT2D eigenvalue weighted by Gasteiger charge is -2.10. The first-order valence-electron chi connectivity index (χ1n) is 8.42. The number of aromatic nitrogens is 1. The van der Waals surface area contributed by atoms with Gasteiger partial charge in [0.05, 0.1) is 11.9 Å². The number of anilines is 2. The molecule has 0 fully saturated rings. The van der Waals surface area contributed by atoms with Gasteiger partial charge in [0, 0.05) is 16.1 Å². The van der Waals surface area contributed by atoms with Gasteiger partial charge in [0.1, 0.15) is 23.1 Å². The number of ether oxygens (including phenoxy) is 1. The smallest absolute Gasteiger partial charge is 0.275 e. The van der Waals surface area contributed by atoms with E-state index in [4.69, 9.17) is 16.3 Å². The van der Waals surface area contributed by atoms with Gasteiger partial charge in [0.15, 0.2) is 0 Å². The van der Waals surface area contributed by atoms with Gasteiger partial charge in [0.2, 0.25) is 10.0 Å². The second kappa shape index (κ2) is 8.81. The number of halogens is 1. The van der Waals surface area contributed by atoms with Gasteiger partial charge in [-0.1, -0.05) is 17.7 Å². The van der Waals surface area contributed by atoms with Crippen LogP contribution in [0, 0.1) is 6.92 Å². The van der Waals surface area contributed by atoms with E-state index in [1.807, 2.05) is 0 Å². The molecule has 0 aliphatic rings. The molecule has 10 heteroatoms. The molecular formula is C19H18ClN3O4S2. The van der Waals surface area contributed by atoms with Crippen LogP contribution in [-0.4, -0.2) is 25.6 Å². The number of benzene rings is 2. The van der Waals surface area contributed by atoms with Gasteiger partial charge in [-0.15, -0.1) is 11.3 Å². The molecule has 0 radical (unpaired) electrons. The summed E-state index contributed by atoms with van der Waals surface area (Å²) in [5.74, 6) is 0.259. The maximum atomic E-state index is 12.5. The first-order chi connectivity index (χ1) is 13.7. The maximum absolute atomic E-state index is 12.5. The maximum Gasteiger partial charge on any atom is 0.275 e. The SMILES string of the molecule is Cc1ccc(NC(=O)c2csc(COc3ccc(Cl)cc3)n2)cc1NS(C)(=O)=O. The Morgan fingerprint density at radius 2 is 1.93 bits per heavy atom. The topological polar surface area (TPSA) is 97.4 Å². The van der Waals surface area contributed by atoms with Crippen molar-refractivity contribution in [2.24, 2.45) is 0 Å². The van der Waals surface area contributed by atoms with Crippen molar-refractivity contribution < 1.29 is 17.9 Å². The minimum Gasteiger partial charge on any atom is -0.486 e. The molecule has 7 nitrogen and oxygen atoms in total. The van der Waals surface area contributed by atoms with Gasteiger partial charge in [-0.05, 0) is 48.9 Å². The van der Waals surface area contributed by atoms with E-state index in [0.29, 0.717) is 27.2 Å². The fourth-order valence-corrected chi connectivity index (χ4v) is 3.79. The van der Waals surface area contributed by atoms with Crippen LogP contribution in [0.15, 0.2) is 47.8 Å². The van der Waals surface area contributed by atoms with E-state index in [1.54, 1.807) is 54.8 Å². The van der Waals surface area contributed by atoms with Crippen molar-refractivity contribution in [2.45, 2.75) is 13.5 Å². The van der Waals surface area contributed by atoms with E-state index in [9.17, 15) is 13.2 Å². The zero-order chi connectivity index (χ0) is 21.0. The molecule has 29 heavy (non-hydrogen) atoms. The number of aryl methyl sites for hydroxylation is 1. The first kappa shape index (κ1) is 21.1. The van der Waals surface area contributed by atoms with Crippen molar-refractivity contribution in [3.05, 3.63) is 69.1 Å². The summed E-state index contributed by atoms with van der Waals surface area (Å²) in [6.07, 6.45) is 1.07. The van der Waals surface area contributed by atoms with Crippen LogP contribution < -0.4 is 14.8 Å². The van der Waals surface area contributed by atoms with Gasteiger partial charge < -0.3 is 10.1 Å². The van der Waals surface area contributed by atoms with Crippen LogP contribution in [-0.2, 0) is 16.6 Å². The predicted octanol–water partition coefficient (Wildman–Crippen LogP) is 4.31. The van der Waals surface area contributed by atoms with E-state index >= 15 is 0 Å². The molecule has 0 saturated heterocycles. The molecule has 0 saturated carbocycles. The summed E-state index contributed by atoms with van der Waals surface area (Å²) in [7, 11) is -3.42. The van der Waals surface area contributed by atoms with Crippen LogP contribution in [0.3, 0.4) is 0 Å². The molecule has 2 N–H and O–H groups in total. The second-order valence-electron chi connectivity index (χ2n) is 6.23. The summed E-state index contributed by atoms with van der Waals surface area (Å²) < 4.78 is 31.0. The molecule has 0 unspecified atom stereocenters. The highest BCUT2D eigenvalue weighted by atomic mass is 35.5. The molecule has 1 aromatic heterocycles. The van der Waals surface area contributed by atoms with Crippen LogP contribution in [0.2, 0.25) is 5.02 Å². The molecule has 1 amide bonds. The number of rotatable bonds is 7. The van der Waals surface area contributed by atoms with Gasteiger partial charge in [-0.25, -0.2) is 13.4 Å². The van der Waals surface area contributed by atoms with Gasteiger partial charge in [0.25, 0.3) is 5.91 Å². The van der Waals surface area contributed by atoms with E-state index in [1.165, 1.54) is 11.3 Å². The molecule has 152 valence electrons. The number of nitrogens with zero attached hydrogens (tertiary/aromatic N) is 1. The molecular weight excluding hydrogens is 434 g/mol. The number of sulfonamides is 1. The summed E-state index contributed by atoms with van der Waals surface area (Å²) in [5, 5.41) is 5.63. The number of nitrogens with one attached hydrogen (secondary N) is 2. The van der Waals surface area contributed by atoms with Gasteiger partial charge in [-0.2, -0.15) is 0 Å². The Morgan fingerprint density at radius 1 is 1.21 bits per heavy atom. The lowest BCUT2D eigenvalue weighted by atomic mass is 10.2. The Balaban J connectivity index is 1.64. The highest BCUT2D eigenvalue weighted by Crippen LogP contribution is 2.22. The molecule has 0 aliphatic carbocycles. The molecule has 3 aromatic rings. The van der Waals surface area contributed by atoms with Crippen LogP contribution in [0.1, 0.15) is 21.1 Å². The fraction of sp³-hybridized carbons (Fsp3) is 0.158. The normalized spacial score (nSPS) is 11.1. The lowest BCUT2D eigenvalue weighted by Crippen LogP contribution is -2.14. The van der Waals surface area contributed by atoms with Crippen molar-refractivity contribution in [1.82, 2.24) is 4.98 Å². The molecule has 1 heterocycles. The van der Waals surface area contributed by atoms with Crippen molar-refractivity contribution in [2.75, 3.05) is 16.3 Å². The van der Waals surface area contributed by atoms with E-state index in [0.717, 1.165) is 11.8 Å². The summed E-state index contributed by atoms with van der Waals surface area (Å²) in [5.41, 5.74) is 1.85. The Bertz CT molecular complexity index is 1130. The van der Waals surface area contributed by atoms with E-state index in [2.05, 4.69) is 15.0 Å². The molecule has 2 aromatic carbocycles. The Hall–Kier alpha value is -2.62. The number of amides is 1. The number of hydrogen-bond acceptors (Lipinski definition) is 6. The lowest BCUT2D eigenvalue weighted by molar-refractivity contribution is 0.102. The van der Waals surface area contributed by atoms with Crippen LogP contribution in [0.25, 0.3) is 0 Å². The van der Waals surface area contributed by atoms with Crippen molar-refractivity contribution in [3.8, 4) is 5.75 Å². The Kier molecular flexibility index (Phi) is 6.41. The molecule has 0 bridgehead atoms. The molecule has 0 atom stereocenters. The quantitative estimate of drug-likeness (QED) is 0.557. The highest BCUT2D eigenvalue weighted by Gasteiger charge is 2.13. The van der Waals surface area contributed by atoms with E-state index in [-0.39, 0.29) is 12.3 Å². The number of carbonyl (C=O) groups is 1. The van der Waals surface area contributed by atoms with Gasteiger partial charge in [-0.3, -0.25) is 9.52 Å². The largest absolute Gasteiger partial charge is 0.486 e. The third kappa shape index (κ3) is 6.18. The second-order valence-corrected chi connectivity index (χ2v) is 9.35. The molecule has 0 spiro atoms. The van der Waals surface area contributed by atoms with Crippen molar-refractivity contribution in [3.63, 3.8) is 0 Å². The van der Waals surface area contributed by atoms with Crippen LogP contribution in [0.4, 0.5) is 11.4 Å². The number of hydrogen-bond donors (Lipinski definition) is 2. The number of carbonyl (C=O) groups excluding carboxylic acids is 1. The monoisotopic (exact) mass is 451 g/mol. The summed E-state index contributed by atoms with van der Waals surface area (Å²) in [6, 6.07) is 11.9. The highest BCUT2D eigenvalue weighted by molar-refractivity contribution is 7.92. The zero-order valence-corrected chi connectivity index (χ0v) is 18.0. The summed E-state index contributed by atoms with van der Waals surface area (Å²) in [4.78, 5) is 16.7. The Labute approximate surface area is 177 Å². The summed E-state index contributed by atoms with van der Waals surface area (Å²) in [6.45, 7) is 2.00. The predicted molar refractivity (Wildman–Crippen MR) is 115 cm³/mol. The third-order valence-electron chi connectivity index (χ3n) is 3.75. The van der Waals surface area contributed by atoms with Crippen molar-refractivity contribution in [1.29, 1.82) is 0 Å². The fourth-order valence-electron chi connectivity index (χ4n) is 2.36. The minimum absolute atomic E-state index is 0.229. The molecule has 3 rings (SSSR count). The first-order valence-corrected chi connectivity index (χ1v) is 11.6. The zero-order valence-electron chi connectivity index (χ0n) is 15.6. The average Bonchev–Trinajstić information content (AvgIpc) is 3.12. The standard InChI is InChI=1S/C19H18ClN3O4S2/c1-12-3-6-14(9-16(12)23-29(2,25)26)21-19(24)17-11-28-18(22-17)10-27-15-7-4-13(20)5-8-15/h3-9,11,23H,10H2,1-2H3,(H,21,24). The van der Waals surface area contributed by atoms with Crippen LogP contribution >= 0.6 is 22.9 Å². The minimum atomic E-state index is -3.42. The average molecular weight is 452 g/mol. The third-order valence-corrected chi connectivity index (χ3v) is 5.42. The van der Waals surface area contributed by atoms with Gasteiger partial charge >= 0.3 is 0 Å². The van der Waals surface area contributed by atoms with Crippen molar-refractivity contribution >= 4 is 50.2 Å². The van der Waals surface area contributed by atoms with E-state index < -0.39 is 15.9 Å². The summed E-state index contributed by atoms with van der Waals surface area (Å²) >= 11 is 7.15. The number of thiazole rings is 1.